The molecule has 5 nitrogen and oxygen atoms in total. The summed E-state index contributed by atoms with van der Waals surface area (Å²) in [5.41, 5.74) is 0.892. The monoisotopic (exact) mass is 169 g/mol. The number of carbonyl (C=O) groups is 1. The molecule has 0 spiro atoms. The van der Waals surface area contributed by atoms with Gasteiger partial charge in [0.15, 0.2) is 0 Å². The van der Waals surface area contributed by atoms with Crippen LogP contribution in [0.2, 0.25) is 0 Å². The summed E-state index contributed by atoms with van der Waals surface area (Å²) in [7, 11) is 0. The zero-order valence-electron chi connectivity index (χ0n) is 6.53. The molecule has 0 fully saturated rings. The van der Waals surface area contributed by atoms with E-state index in [9.17, 15) is 4.79 Å². The number of nitrogens with zero attached hydrogens (tertiary/aromatic N) is 1. The lowest BCUT2D eigenvalue weighted by Crippen LogP contribution is -2.33. The molecule has 12 heavy (non-hydrogen) atoms. The molecule has 1 amide bonds. The minimum Gasteiger partial charge on any atom is -0.394 e. The molecule has 1 aromatic heterocycles. The number of carbonyl (C=O) groups excluding carboxylic acids is 1. The van der Waals surface area contributed by atoms with Crippen LogP contribution in [0.4, 0.5) is 0 Å². The van der Waals surface area contributed by atoms with Gasteiger partial charge in [-0.05, 0) is 0 Å². The van der Waals surface area contributed by atoms with Crippen molar-refractivity contribution in [3.8, 4) is 0 Å². The molecule has 1 unspecified atom stereocenters. The second-order valence-corrected chi connectivity index (χ2v) is 2.44. The van der Waals surface area contributed by atoms with E-state index < -0.39 is 0 Å². The van der Waals surface area contributed by atoms with Crippen molar-refractivity contribution in [3.63, 3.8) is 0 Å². The van der Waals surface area contributed by atoms with Crippen molar-refractivity contribution >= 4 is 6.41 Å². The number of hydrogen-bond donors (Lipinski definition) is 3. The zero-order chi connectivity index (χ0) is 8.81. The number of hydrogen-bond acceptors (Lipinski definition) is 3. The summed E-state index contributed by atoms with van der Waals surface area (Å²) in [6.07, 6.45) is 4.37. The standard InChI is InChI=1S/C7H11N3O2/c11-3-7(10-5-12)1-6-2-8-4-9-6/h2,4-5,7,11H,1,3H2,(H,8,9)(H,10,12). The number of rotatable bonds is 5. The van der Waals surface area contributed by atoms with E-state index in [-0.39, 0.29) is 12.6 Å². The normalized spacial score (nSPS) is 12.4. The van der Waals surface area contributed by atoms with Crippen molar-refractivity contribution in [2.45, 2.75) is 12.5 Å². The molecule has 0 aliphatic carbocycles. The second kappa shape index (κ2) is 4.50. The van der Waals surface area contributed by atoms with Crippen LogP contribution in [0.25, 0.3) is 0 Å². The van der Waals surface area contributed by atoms with Gasteiger partial charge >= 0.3 is 0 Å². The van der Waals surface area contributed by atoms with Crippen molar-refractivity contribution in [1.82, 2.24) is 15.3 Å². The van der Waals surface area contributed by atoms with Gasteiger partial charge < -0.3 is 15.4 Å². The highest BCUT2D eigenvalue weighted by atomic mass is 16.3. The van der Waals surface area contributed by atoms with Crippen LogP contribution in [-0.4, -0.2) is 34.1 Å². The van der Waals surface area contributed by atoms with Gasteiger partial charge in [0.1, 0.15) is 0 Å². The van der Waals surface area contributed by atoms with E-state index in [1.807, 2.05) is 0 Å². The molecular weight excluding hydrogens is 158 g/mol. The number of aromatic nitrogens is 2. The summed E-state index contributed by atoms with van der Waals surface area (Å²) >= 11 is 0. The van der Waals surface area contributed by atoms with Crippen molar-refractivity contribution in [3.05, 3.63) is 18.2 Å². The molecule has 0 bridgehead atoms. The molecule has 3 N–H and O–H groups in total. The molecule has 0 aromatic carbocycles. The van der Waals surface area contributed by atoms with E-state index in [0.29, 0.717) is 12.8 Å². The Bertz CT molecular complexity index is 223. The van der Waals surface area contributed by atoms with E-state index >= 15 is 0 Å². The highest BCUT2D eigenvalue weighted by molar-refractivity contribution is 5.46. The molecule has 0 aliphatic heterocycles. The van der Waals surface area contributed by atoms with Crippen molar-refractivity contribution in [2.24, 2.45) is 0 Å². The molecule has 66 valence electrons. The van der Waals surface area contributed by atoms with Gasteiger partial charge in [0.2, 0.25) is 6.41 Å². The number of aromatic amines is 1. The first-order chi connectivity index (χ1) is 5.86. The highest BCUT2D eigenvalue weighted by Crippen LogP contribution is 1.96. The molecule has 0 aliphatic rings. The van der Waals surface area contributed by atoms with Crippen LogP contribution < -0.4 is 5.32 Å². The Balaban J connectivity index is 2.42. The molecule has 0 saturated heterocycles. The number of amides is 1. The Morgan fingerprint density at radius 2 is 2.67 bits per heavy atom. The SMILES string of the molecule is O=CNC(CO)Cc1cnc[nH]1. The molecule has 5 heteroatoms. The first kappa shape index (κ1) is 8.73. The van der Waals surface area contributed by atoms with Gasteiger partial charge in [-0.25, -0.2) is 4.98 Å². The van der Waals surface area contributed by atoms with Crippen LogP contribution in [0.1, 0.15) is 5.69 Å². The zero-order valence-corrected chi connectivity index (χ0v) is 6.53. The van der Waals surface area contributed by atoms with Gasteiger partial charge in [-0.1, -0.05) is 0 Å². The Labute approximate surface area is 69.8 Å². The third kappa shape index (κ3) is 2.35. The fourth-order valence-electron chi connectivity index (χ4n) is 0.934. The maximum absolute atomic E-state index is 10.1. The van der Waals surface area contributed by atoms with Crippen molar-refractivity contribution in [2.75, 3.05) is 6.61 Å². The van der Waals surface area contributed by atoms with Gasteiger partial charge in [0.05, 0.1) is 19.0 Å². The first-order valence-electron chi connectivity index (χ1n) is 3.64. The number of aliphatic hydroxyl groups excluding tert-OH is 1. The lowest BCUT2D eigenvalue weighted by molar-refractivity contribution is -0.110. The van der Waals surface area contributed by atoms with Gasteiger partial charge in [-0.15, -0.1) is 0 Å². The first-order valence-corrected chi connectivity index (χ1v) is 3.64. The Kier molecular flexibility index (Phi) is 3.28. The maximum Gasteiger partial charge on any atom is 0.207 e. The smallest absolute Gasteiger partial charge is 0.207 e. The number of aliphatic hydroxyl groups is 1. The lowest BCUT2D eigenvalue weighted by Gasteiger charge is -2.10. The second-order valence-electron chi connectivity index (χ2n) is 2.44. The van der Waals surface area contributed by atoms with Crippen LogP contribution in [0.5, 0.6) is 0 Å². The molecular formula is C7H11N3O2. The predicted molar refractivity (Wildman–Crippen MR) is 42.4 cm³/mol. The highest BCUT2D eigenvalue weighted by Gasteiger charge is 2.06. The Morgan fingerprint density at radius 3 is 3.17 bits per heavy atom. The Morgan fingerprint density at radius 1 is 1.83 bits per heavy atom. The van der Waals surface area contributed by atoms with Crippen molar-refractivity contribution < 1.29 is 9.90 Å². The number of imidazole rings is 1. The average Bonchev–Trinajstić information content (AvgIpc) is 2.56. The van der Waals surface area contributed by atoms with Gasteiger partial charge in [-0.3, -0.25) is 4.79 Å². The Hall–Kier alpha value is -1.36. The summed E-state index contributed by atoms with van der Waals surface area (Å²) in [6, 6.07) is -0.233. The van der Waals surface area contributed by atoms with Crippen molar-refractivity contribution in [1.29, 1.82) is 0 Å². The summed E-state index contributed by atoms with van der Waals surface area (Å²) in [5.74, 6) is 0. The van der Waals surface area contributed by atoms with E-state index in [1.54, 1.807) is 12.5 Å². The third-order valence-electron chi connectivity index (χ3n) is 1.55. The third-order valence-corrected chi connectivity index (χ3v) is 1.55. The average molecular weight is 169 g/mol. The summed E-state index contributed by atoms with van der Waals surface area (Å²) in [5, 5.41) is 11.3. The van der Waals surface area contributed by atoms with Crippen LogP contribution in [0, 0.1) is 0 Å². The predicted octanol–water partition coefficient (Wildman–Crippen LogP) is -0.941. The number of nitrogens with one attached hydrogen (secondary N) is 2. The minimum absolute atomic E-state index is 0.0717. The lowest BCUT2D eigenvalue weighted by atomic mass is 10.2. The maximum atomic E-state index is 10.1. The molecule has 0 radical (unpaired) electrons. The van der Waals surface area contributed by atoms with Crippen LogP contribution in [0.15, 0.2) is 12.5 Å². The van der Waals surface area contributed by atoms with E-state index in [2.05, 4.69) is 15.3 Å². The topological polar surface area (TPSA) is 78.0 Å². The van der Waals surface area contributed by atoms with E-state index in [1.165, 1.54) is 0 Å². The molecule has 1 rings (SSSR count). The fraction of sp³-hybridized carbons (Fsp3) is 0.429. The molecule has 1 aromatic rings. The van der Waals surface area contributed by atoms with E-state index in [0.717, 1.165) is 5.69 Å². The summed E-state index contributed by atoms with van der Waals surface area (Å²) < 4.78 is 0. The van der Waals surface area contributed by atoms with Gasteiger partial charge in [0, 0.05) is 18.3 Å². The fourth-order valence-corrected chi connectivity index (χ4v) is 0.934. The number of H-pyrrole nitrogens is 1. The molecule has 1 atom stereocenters. The molecule has 1 heterocycles. The van der Waals surface area contributed by atoms with Crippen LogP contribution >= 0.6 is 0 Å². The quantitative estimate of drug-likeness (QED) is 0.498. The van der Waals surface area contributed by atoms with Gasteiger partial charge in [-0.2, -0.15) is 0 Å². The largest absolute Gasteiger partial charge is 0.394 e. The molecule has 0 saturated carbocycles. The van der Waals surface area contributed by atoms with E-state index in [4.69, 9.17) is 5.11 Å². The summed E-state index contributed by atoms with van der Waals surface area (Å²) in [4.78, 5) is 16.8. The van der Waals surface area contributed by atoms with Crippen LogP contribution in [-0.2, 0) is 11.2 Å². The van der Waals surface area contributed by atoms with Gasteiger partial charge in [0.25, 0.3) is 0 Å². The minimum atomic E-state index is -0.233. The van der Waals surface area contributed by atoms with Crippen LogP contribution in [0.3, 0.4) is 0 Å². The summed E-state index contributed by atoms with van der Waals surface area (Å²) in [6.45, 7) is -0.0717.